The van der Waals surface area contributed by atoms with E-state index in [1.165, 1.54) is 0 Å². The molecule has 0 atom stereocenters. The lowest BCUT2D eigenvalue weighted by Gasteiger charge is -2.11. The summed E-state index contributed by atoms with van der Waals surface area (Å²) in [5, 5.41) is 5.70. The molecule has 0 unspecified atom stereocenters. The van der Waals surface area contributed by atoms with E-state index in [1.807, 2.05) is 84.4 Å². The van der Waals surface area contributed by atoms with Crippen molar-refractivity contribution in [3.05, 3.63) is 78.6 Å². The molecule has 6 nitrogen and oxygen atoms in total. The summed E-state index contributed by atoms with van der Waals surface area (Å²) in [6, 6.07) is 18.7. The minimum Gasteiger partial charge on any atom is -0.497 e. The van der Waals surface area contributed by atoms with Crippen LogP contribution in [0.5, 0.6) is 5.75 Å². The number of carbonyl (C=O) groups is 1. The number of aromatic nitrogens is 2. The summed E-state index contributed by atoms with van der Waals surface area (Å²) in [6.07, 6.45) is 3.95. The van der Waals surface area contributed by atoms with Crippen molar-refractivity contribution >= 4 is 23.1 Å². The van der Waals surface area contributed by atoms with Crippen molar-refractivity contribution in [2.24, 2.45) is 0 Å². The standard InChI is InChI=1S/C22H20N4O2/c1-15-13-18(28-2)10-11-19(15)25-22(27)23-17-8-6-16(7-9-17)20-14-26-12-4-3-5-21(26)24-20/h3-14H,1-2H3,(H2,23,25,27). The second kappa shape index (κ2) is 7.44. The third-order valence-corrected chi connectivity index (χ3v) is 4.48. The van der Waals surface area contributed by atoms with Gasteiger partial charge in [-0.15, -0.1) is 0 Å². The molecular formula is C22H20N4O2. The highest BCUT2D eigenvalue weighted by atomic mass is 16.5. The second-order valence-electron chi connectivity index (χ2n) is 6.43. The van der Waals surface area contributed by atoms with Crippen molar-refractivity contribution in [3.63, 3.8) is 0 Å². The lowest BCUT2D eigenvalue weighted by molar-refractivity contribution is 0.262. The van der Waals surface area contributed by atoms with Gasteiger partial charge in [-0.1, -0.05) is 18.2 Å². The molecule has 2 heterocycles. The molecule has 0 radical (unpaired) electrons. The number of imidazole rings is 1. The van der Waals surface area contributed by atoms with E-state index < -0.39 is 0 Å². The van der Waals surface area contributed by atoms with Crippen LogP contribution >= 0.6 is 0 Å². The summed E-state index contributed by atoms with van der Waals surface area (Å²) in [6.45, 7) is 1.92. The van der Waals surface area contributed by atoms with E-state index in [0.29, 0.717) is 5.69 Å². The number of urea groups is 1. The first-order valence-electron chi connectivity index (χ1n) is 8.89. The van der Waals surface area contributed by atoms with Gasteiger partial charge < -0.3 is 19.8 Å². The molecule has 4 rings (SSSR count). The number of carbonyl (C=O) groups excluding carboxylic acids is 1. The molecule has 2 N–H and O–H groups in total. The Morgan fingerprint density at radius 2 is 1.86 bits per heavy atom. The van der Waals surface area contributed by atoms with Crippen LogP contribution in [0.25, 0.3) is 16.9 Å². The zero-order valence-corrected chi connectivity index (χ0v) is 15.6. The number of fused-ring (bicyclic) bond motifs is 1. The Morgan fingerprint density at radius 1 is 1.04 bits per heavy atom. The average Bonchev–Trinajstić information content (AvgIpc) is 3.14. The number of hydrogen-bond acceptors (Lipinski definition) is 3. The van der Waals surface area contributed by atoms with E-state index in [9.17, 15) is 4.79 Å². The molecule has 0 aliphatic rings. The van der Waals surface area contributed by atoms with Gasteiger partial charge >= 0.3 is 6.03 Å². The van der Waals surface area contributed by atoms with Crippen molar-refractivity contribution < 1.29 is 9.53 Å². The zero-order chi connectivity index (χ0) is 19.5. The topological polar surface area (TPSA) is 67.7 Å². The summed E-state index contributed by atoms with van der Waals surface area (Å²) < 4.78 is 7.16. The highest BCUT2D eigenvalue weighted by Crippen LogP contribution is 2.23. The van der Waals surface area contributed by atoms with Gasteiger partial charge in [-0.3, -0.25) is 0 Å². The van der Waals surface area contributed by atoms with Crippen LogP contribution < -0.4 is 15.4 Å². The van der Waals surface area contributed by atoms with E-state index in [1.54, 1.807) is 7.11 Å². The Morgan fingerprint density at radius 3 is 2.57 bits per heavy atom. The Labute approximate surface area is 162 Å². The predicted molar refractivity (Wildman–Crippen MR) is 111 cm³/mol. The first kappa shape index (κ1) is 17.6. The molecule has 0 saturated heterocycles. The van der Waals surface area contributed by atoms with Gasteiger partial charge in [0.25, 0.3) is 0 Å². The number of methoxy groups -OCH3 is 1. The number of amides is 2. The van der Waals surface area contributed by atoms with Gasteiger partial charge in [-0.25, -0.2) is 9.78 Å². The molecule has 2 amide bonds. The largest absolute Gasteiger partial charge is 0.497 e. The van der Waals surface area contributed by atoms with Gasteiger partial charge in [0.1, 0.15) is 11.4 Å². The van der Waals surface area contributed by atoms with E-state index >= 15 is 0 Å². The number of nitrogens with zero attached hydrogens (tertiary/aromatic N) is 2. The van der Waals surface area contributed by atoms with Crippen molar-refractivity contribution in [2.75, 3.05) is 17.7 Å². The monoisotopic (exact) mass is 372 g/mol. The van der Waals surface area contributed by atoms with Gasteiger partial charge in [0, 0.05) is 29.3 Å². The number of aryl methyl sites for hydroxylation is 1. The average molecular weight is 372 g/mol. The molecule has 0 bridgehead atoms. The minimum atomic E-state index is -0.297. The maximum absolute atomic E-state index is 12.3. The van der Waals surface area contributed by atoms with E-state index in [-0.39, 0.29) is 6.03 Å². The molecule has 0 saturated carbocycles. The zero-order valence-electron chi connectivity index (χ0n) is 15.6. The first-order valence-corrected chi connectivity index (χ1v) is 8.89. The molecule has 28 heavy (non-hydrogen) atoms. The molecule has 0 fully saturated rings. The van der Waals surface area contributed by atoms with Gasteiger partial charge in [0.15, 0.2) is 0 Å². The third-order valence-electron chi connectivity index (χ3n) is 4.48. The van der Waals surface area contributed by atoms with Crippen LogP contribution in [-0.4, -0.2) is 22.5 Å². The van der Waals surface area contributed by atoms with Crippen molar-refractivity contribution in [3.8, 4) is 17.0 Å². The number of nitrogens with one attached hydrogen (secondary N) is 2. The molecule has 6 heteroatoms. The van der Waals surface area contributed by atoms with Crippen molar-refractivity contribution in [2.45, 2.75) is 6.92 Å². The Bertz CT molecular complexity index is 1100. The van der Waals surface area contributed by atoms with Gasteiger partial charge in [-0.05, 0) is 55.0 Å². The number of benzene rings is 2. The van der Waals surface area contributed by atoms with Crippen LogP contribution in [0.3, 0.4) is 0 Å². The minimum absolute atomic E-state index is 0.297. The van der Waals surface area contributed by atoms with Gasteiger partial charge in [-0.2, -0.15) is 0 Å². The molecule has 0 aliphatic heterocycles. The molecule has 0 aliphatic carbocycles. The Kier molecular flexibility index (Phi) is 4.68. The number of pyridine rings is 1. The maximum Gasteiger partial charge on any atom is 0.323 e. The Balaban J connectivity index is 1.44. The lowest BCUT2D eigenvalue weighted by Crippen LogP contribution is -2.19. The SMILES string of the molecule is COc1ccc(NC(=O)Nc2ccc(-c3cn4ccccc4n3)cc2)c(C)c1. The van der Waals surface area contributed by atoms with Crippen molar-refractivity contribution in [1.82, 2.24) is 9.38 Å². The van der Waals surface area contributed by atoms with Crippen molar-refractivity contribution in [1.29, 1.82) is 0 Å². The summed E-state index contributed by atoms with van der Waals surface area (Å²) in [7, 11) is 1.62. The summed E-state index contributed by atoms with van der Waals surface area (Å²) in [5.41, 5.74) is 5.14. The van der Waals surface area contributed by atoms with Gasteiger partial charge in [0.05, 0.1) is 12.8 Å². The summed E-state index contributed by atoms with van der Waals surface area (Å²) in [4.78, 5) is 16.9. The van der Waals surface area contributed by atoms with Crippen LogP contribution in [-0.2, 0) is 0 Å². The number of rotatable bonds is 4. The van der Waals surface area contributed by atoms with E-state index in [0.717, 1.165) is 33.9 Å². The number of ether oxygens (including phenoxy) is 1. The fourth-order valence-corrected chi connectivity index (χ4v) is 2.99. The molecule has 140 valence electrons. The fraction of sp³-hybridized carbons (Fsp3) is 0.0909. The van der Waals surface area contributed by atoms with Gasteiger partial charge in [0.2, 0.25) is 0 Å². The molecule has 2 aromatic heterocycles. The molecule has 0 spiro atoms. The van der Waals surface area contributed by atoms with Crippen LogP contribution in [0.15, 0.2) is 73.1 Å². The van der Waals surface area contributed by atoms with Crippen LogP contribution in [0.4, 0.5) is 16.2 Å². The summed E-state index contributed by atoms with van der Waals surface area (Å²) >= 11 is 0. The number of anilines is 2. The molecule has 2 aromatic carbocycles. The normalized spacial score (nSPS) is 10.6. The third kappa shape index (κ3) is 3.66. The molecular weight excluding hydrogens is 352 g/mol. The molecule has 4 aromatic rings. The Hall–Kier alpha value is -3.80. The second-order valence-corrected chi connectivity index (χ2v) is 6.43. The highest BCUT2D eigenvalue weighted by Gasteiger charge is 2.08. The first-order chi connectivity index (χ1) is 13.6. The highest BCUT2D eigenvalue weighted by molar-refractivity contribution is 6.00. The summed E-state index contributed by atoms with van der Waals surface area (Å²) in [5.74, 6) is 0.756. The lowest BCUT2D eigenvalue weighted by atomic mass is 10.1. The fourth-order valence-electron chi connectivity index (χ4n) is 2.99. The number of hydrogen-bond donors (Lipinski definition) is 2. The smallest absolute Gasteiger partial charge is 0.323 e. The van der Waals surface area contributed by atoms with Crippen LogP contribution in [0.2, 0.25) is 0 Å². The van der Waals surface area contributed by atoms with Crippen LogP contribution in [0.1, 0.15) is 5.56 Å². The van der Waals surface area contributed by atoms with E-state index in [4.69, 9.17) is 4.74 Å². The quantitative estimate of drug-likeness (QED) is 0.532. The maximum atomic E-state index is 12.3. The van der Waals surface area contributed by atoms with Crippen LogP contribution in [0, 0.1) is 6.92 Å². The predicted octanol–water partition coefficient (Wildman–Crippen LogP) is 4.96. The van der Waals surface area contributed by atoms with E-state index in [2.05, 4.69) is 15.6 Å².